The minimum Gasteiger partial charge on any atom is -0.348 e. The van der Waals surface area contributed by atoms with Gasteiger partial charge >= 0.3 is 0 Å². The first-order chi connectivity index (χ1) is 17.1. The van der Waals surface area contributed by atoms with Gasteiger partial charge in [0, 0.05) is 11.2 Å². The van der Waals surface area contributed by atoms with Crippen molar-refractivity contribution in [1.29, 1.82) is 0 Å². The van der Waals surface area contributed by atoms with Crippen molar-refractivity contribution in [3.8, 4) is 0 Å². The lowest BCUT2D eigenvalue weighted by Crippen LogP contribution is -2.53. The van der Waals surface area contributed by atoms with Gasteiger partial charge in [-0.25, -0.2) is 4.39 Å². The van der Waals surface area contributed by atoms with Crippen molar-refractivity contribution in [2.24, 2.45) is 23.2 Å². The minimum absolute atomic E-state index is 0.173. The van der Waals surface area contributed by atoms with Crippen LogP contribution >= 0.6 is 11.8 Å². The lowest BCUT2D eigenvalue weighted by molar-refractivity contribution is -0.146. The molecule has 0 spiro atoms. The zero-order valence-corrected chi connectivity index (χ0v) is 20.6. The molecular weight excluding hydrogens is 459 g/mol. The normalized spacial score (nSPS) is 26.7. The summed E-state index contributed by atoms with van der Waals surface area (Å²) in [6.45, 7) is 1.00. The topological polar surface area (TPSA) is 59.8 Å². The fourth-order valence-corrected chi connectivity index (χ4v) is 7.89. The average Bonchev–Trinajstić information content (AvgIpc) is 3.22. The summed E-state index contributed by atoms with van der Waals surface area (Å²) in [5.74, 6) is 3.54. The van der Waals surface area contributed by atoms with Crippen LogP contribution in [0, 0.1) is 29.0 Å². The van der Waals surface area contributed by atoms with Crippen LogP contribution in [0.4, 0.5) is 4.39 Å². The molecular formula is C28H31FN4OS. The molecule has 35 heavy (non-hydrogen) atoms. The van der Waals surface area contributed by atoms with E-state index in [-0.39, 0.29) is 17.1 Å². The summed E-state index contributed by atoms with van der Waals surface area (Å²) in [4.78, 5) is 13.5. The van der Waals surface area contributed by atoms with E-state index in [4.69, 9.17) is 0 Å². The molecule has 0 radical (unpaired) electrons. The average molecular weight is 491 g/mol. The first kappa shape index (κ1) is 22.8. The number of thioether (sulfide) groups is 1. The predicted molar refractivity (Wildman–Crippen MR) is 134 cm³/mol. The van der Waals surface area contributed by atoms with E-state index < -0.39 is 0 Å². The molecule has 1 heterocycles. The molecule has 4 fully saturated rings. The maximum absolute atomic E-state index is 13.6. The summed E-state index contributed by atoms with van der Waals surface area (Å²) in [5, 5.41) is 12.9. The third-order valence-electron chi connectivity index (χ3n) is 8.16. The molecule has 1 N–H and O–H groups in total. The summed E-state index contributed by atoms with van der Waals surface area (Å²) in [7, 11) is 0. The Labute approximate surface area is 209 Å². The molecule has 182 valence electrons. The highest BCUT2D eigenvalue weighted by Gasteiger charge is 2.54. The van der Waals surface area contributed by atoms with E-state index in [1.165, 1.54) is 25.3 Å². The van der Waals surface area contributed by atoms with Crippen LogP contribution in [0.25, 0.3) is 0 Å². The number of carbonyl (C=O) groups excluding carboxylic acids is 1. The summed E-state index contributed by atoms with van der Waals surface area (Å²) >= 11 is 1.54. The molecule has 0 saturated heterocycles. The Balaban J connectivity index is 1.19. The smallest absolute Gasteiger partial charge is 0.226 e. The number of rotatable bonds is 8. The van der Waals surface area contributed by atoms with Crippen LogP contribution in [0.3, 0.4) is 0 Å². The van der Waals surface area contributed by atoms with E-state index >= 15 is 0 Å². The Morgan fingerprint density at radius 2 is 1.66 bits per heavy atom. The lowest BCUT2D eigenvalue weighted by atomic mass is 9.49. The highest BCUT2D eigenvalue weighted by atomic mass is 32.2. The number of carbonyl (C=O) groups is 1. The van der Waals surface area contributed by atoms with Crippen LogP contribution < -0.4 is 5.32 Å². The quantitative estimate of drug-likeness (QED) is 0.418. The highest BCUT2D eigenvalue weighted by Crippen LogP contribution is 2.60. The molecule has 1 aromatic heterocycles. The number of benzene rings is 2. The van der Waals surface area contributed by atoms with Gasteiger partial charge in [0.1, 0.15) is 5.82 Å². The number of aromatic nitrogens is 3. The third kappa shape index (κ3) is 4.75. The maximum atomic E-state index is 13.6. The van der Waals surface area contributed by atoms with Crippen LogP contribution in [0.2, 0.25) is 0 Å². The SMILES string of the molecule is O=C(NCc1nnc(SCc2cccc(F)c2)n1Cc1ccccc1)C12CC3CC(CC(C3)C1)C2. The summed E-state index contributed by atoms with van der Waals surface area (Å²) in [5.41, 5.74) is 1.88. The Bertz CT molecular complexity index is 1180. The van der Waals surface area contributed by atoms with Crippen molar-refractivity contribution in [1.82, 2.24) is 20.1 Å². The second-order valence-electron chi connectivity index (χ2n) is 10.8. The maximum Gasteiger partial charge on any atom is 0.226 e. The molecule has 3 aromatic rings. The van der Waals surface area contributed by atoms with Crippen molar-refractivity contribution >= 4 is 17.7 Å². The zero-order valence-electron chi connectivity index (χ0n) is 19.8. The Morgan fingerprint density at radius 1 is 0.971 bits per heavy atom. The van der Waals surface area contributed by atoms with Gasteiger partial charge in [-0.05, 0) is 79.5 Å². The van der Waals surface area contributed by atoms with Gasteiger partial charge in [-0.2, -0.15) is 0 Å². The van der Waals surface area contributed by atoms with Gasteiger partial charge < -0.3 is 9.88 Å². The Kier molecular flexibility index (Phi) is 6.13. The highest BCUT2D eigenvalue weighted by molar-refractivity contribution is 7.98. The number of halogens is 1. The molecule has 7 heteroatoms. The summed E-state index contributed by atoms with van der Waals surface area (Å²) in [6.07, 6.45) is 7.13. The van der Waals surface area contributed by atoms with Gasteiger partial charge in [0.2, 0.25) is 5.91 Å². The van der Waals surface area contributed by atoms with Crippen molar-refractivity contribution in [2.45, 2.75) is 62.5 Å². The molecule has 4 bridgehead atoms. The molecule has 4 saturated carbocycles. The molecule has 0 atom stereocenters. The van der Waals surface area contributed by atoms with Gasteiger partial charge in [-0.1, -0.05) is 54.2 Å². The third-order valence-corrected chi connectivity index (χ3v) is 9.20. The molecule has 5 nitrogen and oxygen atoms in total. The second kappa shape index (κ2) is 9.41. The van der Waals surface area contributed by atoms with Crippen LogP contribution in [-0.4, -0.2) is 20.7 Å². The van der Waals surface area contributed by atoms with Crippen molar-refractivity contribution < 1.29 is 9.18 Å². The second-order valence-corrected chi connectivity index (χ2v) is 11.7. The van der Waals surface area contributed by atoms with E-state index in [0.29, 0.717) is 18.8 Å². The molecule has 0 unspecified atom stereocenters. The van der Waals surface area contributed by atoms with Crippen molar-refractivity contribution in [3.63, 3.8) is 0 Å². The summed E-state index contributed by atoms with van der Waals surface area (Å²) < 4.78 is 15.7. The van der Waals surface area contributed by atoms with E-state index in [1.54, 1.807) is 23.9 Å². The molecule has 2 aromatic carbocycles. The van der Waals surface area contributed by atoms with Crippen LogP contribution in [0.5, 0.6) is 0 Å². The van der Waals surface area contributed by atoms with Crippen LogP contribution in [0.1, 0.15) is 55.5 Å². The van der Waals surface area contributed by atoms with Gasteiger partial charge in [0.15, 0.2) is 11.0 Å². The monoisotopic (exact) mass is 490 g/mol. The molecule has 1 amide bonds. The van der Waals surface area contributed by atoms with Gasteiger partial charge in [0.05, 0.1) is 13.1 Å². The molecule has 4 aliphatic rings. The first-order valence-electron chi connectivity index (χ1n) is 12.7. The summed E-state index contributed by atoms with van der Waals surface area (Å²) in [6, 6.07) is 16.9. The molecule has 0 aliphatic heterocycles. The predicted octanol–water partition coefficient (Wildman–Crippen LogP) is 5.59. The van der Waals surface area contributed by atoms with Crippen LogP contribution in [0.15, 0.2) is 59.8 Å². The zero-order chi connectivity index (χ0) is 23.8. The number of nitrogens with one attached hydrogen (secondary N) is 1. The van der Waals surface area contributed by atoms with Crippen molar-refractivity contribution in [3.05, 3.63) is 77.4 Å². The fourth-order valence-electron chi connectivity index (χ4n) is 6.99. The minimum atomic E-state index is -0.234. The van der Waals surface area contributed by atoms with E-state index in [0.717, 1.165) is 59.1 Å². The van der Waals surface area contributed by atoms with Crippen LogP contribution in [-0.2, 0) is 23.6 Å². The largest absolute Gasteiger partial charge is 0.348 e. The lowest BCUT2D eigenvalue weighted by Gasteiger charge is -2.55. The molecule has 7 rings (SSSR count). The fraction of sp³-hybridized carbons (Fsp3) is 0.464. The number of nitrogens with zero attached hydrogens (tertiary/aromatic N) is 3. The first-order valence-corrected chi connectivity index (χ1v) is 13.7. The van der Waals surface area contributed by atoms with E-state index in [9.17, 15) is 9.18 Å². The van der Waals surface area contributed by atoms with E-state index in [2.05, 4.69) is 32.2 Å². The van der Waals surface area contributed by atoms with Gasteiger partial charge in [-0.15, -0.1) is 10.2 Å². The molecule has 4 aliphatic carbocycles. The number of hydrogen-bond acceptors (Lipinski definition) is 4. The Hall–Kier alpha value is -2.67. The van der Waals surface area contributed by atoms with Gasteiger partial charge in [0.25, 0.3) is 0 Å². The standard InChI is InChI=1S/C28H31FN4OS/c29-24-8-4-7-20(12-24)18-35-27-32-31-25(33(27)17-19-5-2-1-3-6-19)16-30-26(34)28-13-21-9-22(14-28)11-23(10-21)15-28/h1-8,12,21-23H,9-11,13-18H2,(H,30,34). The Morgan fingerprint density at radius 3 is 2.34 bits per heavy atom. The number of amides is 1. The van der Waals surface area contributed by atoms with Gasteiger partial charge in [-0.3, -0.25) is 4.79 Å². The number of hydrogen-bond donors (Lipinski definition) is 1. The van der Waals surface area contributed by atoms with Crippen molar-refractivity contribution in [2.75, 3.05) is 0 Å². The van der Waals surface area contributed by atoms with E-state index in [1.807, 2.05) is 24.3 Å².